The highest BCUT2D eigenvalue weighted by Crippen LogP contribution is 2.22. The van der Waals surface area contributed by atoms with Gasteiger partial charge in [-0.1, -0.05) is 59.5 Å². The van der Waals surface area contributed by atoms with Gasteiger partial charge in [-0.2, -0.15) is 0 Å². The fourth-order valence-corrected chi connectivity index (χ4v) is 2.89. The first-order valence-electron chi connectivity index (χ1n) is 6.27. The molecule has 0 aliphatic rings. The van der Waals surface area contributed by atoms with E-state index in [1.54, 1.807) is 0 Å². The second-order valence-corrected chi connectivity index (χ2v) is 5.44. The first kappa shape index (κ1) is 14.3. The monoisotopic (exact) mass is 294 g/mol. The molecule has 0 N–H and O–H groups in total. The predicted octanol–water partition coefficient (Wildman–Crippen LogP) is 4.55. The van der Waals surface area contributed by atoms with Crippen LogP contribution in [0.3, 0.4) is 0 Å². The van der Waals surface area contributed by atoms with E-state index in [2.05, 4.69) is 42.0 Å². The van der Waals surface area contributed by atoms with Gasteiger partial charge in [0.15, 0.2) is 0 Å². The van der Waals surface area contributed by atoms with Crippen LogP contribution >= 0.6 is 23.2 Å². The zero-order chi connectivity index (χ0) is 14.0. The lowest BCUT2D eigenvalue weighted by atomic mass is 10.0. The molecule has 4 heteroatoms. The molecule has 0 amide bonds. The summed E-state index contributed by atoms with van der Waals surface area (Å²) in [7, 11) is 0. The Hall–Kier alpha value is -1.12. The van der Waals surface area contributed by atoms with Crippen molar-refractivity contribution in [1.82, 2.24) is 9.97 Å². The summed E-state index contributed by atoms with van der Waals surface area (Å²) in [5.41, 5.74) is 4.45. The van der Waals surface area contributed by atoms with Crippen molar-refractivity contribution in [1.29, 1.82) is 0 Å². The molecule has 0 radical (unpaired) electrons. The smallest absolute Gasteiger partial charge is 0.137 e. The fraction of sp³-hybridized carbons (Fsp3) is 0.333. The zero-order valence-electron chi connectivity index (χ0n) is 11.3. The molecule has 2 nitrogen and oxygen atoms in total. The van der Waals surface area contributed by atoms with E-state index >= 15 is 0 Å². The molecule has 1 heterocycles. The lowest BCUT2D eigenvalue weighted by molar-refractivity contribution is 0.935. The molecule has 19 heavy (non-hydrogen) atoms. The van der Waals surface area contributed by atoms with Gasteiger partial charge in [-0.15, -0.1) is 0 Å². The Bertz CT molecular complexity index is 566. The molecule has 0 atom stereocenters. The van der Waals surface area contributed by atoms with Crippen molar-refractivity contribution in [3.8, 4) is 0 Å². The minimum atomic E-state index is 0.460. The Morgan fingerprint density at radius 3 is 1.95 bits per heavy atom. The van der Waals surface area contributed by atoms with Gasteiger partial charge in [0.05, 0.1) is 0 Å². The normalized spacial score (nSPS) is 10.8. The summed E-state index contributed by atoms with van der Waals surface area (Å²) >= 11 is 12.3. The van der Waals surface area contributed by atoms with Gasteiger partial charge < -0.3 is 0 Å². The number of hydrogen-bond donors (Lipinski definition) is 0. The van der Waals surface area contributed by atoms with E-state index in [0.717, 1.165) is 12.0 Å². The third-order valence-corrected chi connectivity index (χ3v) is 3.58. The number of aromatic nitrogens is 2. The molecule has 0 aliphatic carbocycles. The quantitative estimate of drug-likeness (QED) is 0.776. The van der Waals surface area contributed by atoms with E-state index in [1.165, 1.54) is 16.7 Å². The molecule has 1 aromatic carbocycles. The molecular weight excluding hydrogens is 279 g/mol. The number of nitrogens with zero attached hydrogens (tertiary/aromatic N) is 2. The van der Waals surface area contributed by atoms with Crippen LogP contribution in [0.1, 0.15) is 35.0 Å². The fourth-order valence-electron chi connectivity index (χ4n) is 2.20. The zero-order valence-corrected chi connectivity index (χ0v) is 12.8. The first-order chi connectivity index (χ1) is 8.99. The summed E-state index contributed by atoms with van der Waals surface area (Å²) in [6.07, 6.45) is 1.38. The van der Waals surface area contributed by atoms with Gasteiger partial charge in [0.1, 0.15) is 16.1 Å². The van der Waals surface area contributed by atoms with Crippen LogP contribution in [0, 0.1) is 13.8 Å². The summed E-state index contributed by atoms with van der Waals surface area (Å²) in [5.74, 6) is 0.664. The second kappa shape index (κ2) is 5.89. The highest BCUT2D eigenvalue weighted by molar-refractivity contribution is 6.34. The predicted molar refractivity (Wildman–Crippen MR) is 80.2 cm³/mol. The van der Waals surface area contributed by atoms with Crippen LogP contribution in [0.4, 0.5) is 0 Å². The Balaban J connectivity index is 2.33. The van der Waals surface area contributed by atoms with Crippen molar-refractivity contribution < 1.29 is 0 Å². The van der Waals surface area contributed by atoms with Crippen LogP contribution in [0.5, 0.6) is 0 Å². The van der Waals surface area contributed by atoms with Gasteiger partial charge in [-0.05, 0) is 25.8 Å². The van der Waals surface area contributed by atoms with Gasteiger partial charge in [0.2, 0.25) is 0 Å². The minimum Gasteiger partial charge on any atom is -0.220 e. The summed E-state index contributed by atoms with van der Waals surface area (Å²) in [6.45, 7) is 6.15. The molecule has 0 aliphatic heterocycles. The van der Waals surface area contributed by atoms with E-state index in [9.17, 15) is 0 Å². The van der Waals surface area contributed by atoms with Crippen LogP contribution in [0.15, 0.2) is 18.2 Å². The number of aryl methyl sites for hydroxylation is 2. The maximum absolute atomic E-state index is 6.13. The largest absolute Gasteiger partial charge is 0.220 e. The Morgan fingerprint density at radius 2 is 1.47 bits per heavy atom. The number of rotatable bonds is 3. The molecule has 100 valence electrons. The van der Waals surface area contributed by atoms with Crippen molar-refractivity contribution in [2.24, 2.45) is 0 Å². The highest BCUT2D eigenvalue weighted by Gasteiger charge is 2.10. The third-order valence-electron chi connectivity index (χ3n) is 2.95. The summed E-state index contributed by atoms with van der Waals surface area (Å²) < 4.78 is 0. The number of hydrogen-bond acceptors (Lipinski definition) is 2. The lowest BCUT2D eigenvalue weighted by Gasteiger charge is -2.08. The number of halogens is 2. The van der Waals surface area contributed by atoms with E-state index < -0.39 is 0 Å². The van der Waals surface area contributed by atoms with Gasteiger partial charge in [0.25, 0.3) is 0 Å². The van der Waals surface area contributed by atoms with Crippen LogP contribution in [-0.2, 0) is 12.8 Å². The number of benzene rings is 1. The molecular formula is C15H16Cl2N2. The van der Waals surface area contributed by atoms with Crippen LogP contribution < -0.4 is 0 Å². The van der Waals surface area contributed by atoms with Crippen molar-refractivity contribution in [3.63, 3.8) is 0 Å². The Labute approximate surface area is 123 Å². The summed E-state index contributed by atoms with van der Waals surface area (Å²) in [6, 6.07) is 6.41. The van der Waals surface area contributed by atoms with Crippen LogP contribution in [-0.4, -0.2) is 9.97 Å². The Kier molecular flexibility index (Phi) is 4.43. The molecule has 0 saturated heterocycles. The standard InChI is InChI=1S/C15H16Cl2N2/c1-4-12-14(16)18-13(19-15(12)17)8-11-6-9(2)5-10(3)7-11/h5-7H,4,8H2,1-3H3. The van der Waals surface area contributed by atoms with Crippen LogP contribution in [0.2, 0.25) is 10.3 Å². The average molecular weight is 295 g/mol. The maximum Gasteiger partial charge on any atom is 0.137 e. The van der Waals surface area contributed by atoms with E-state index in [-0.39, 0.29) is 0 Å². The van der Waals surface area contributed by atoms with Crippen molar-refractivity contribution in [2.75, 3.05) is 0 Å². The molecule has 0 bridgehead atoms. The molecule has 1 aromatic heterocycles. The lowest BCUT2D eigenvalue weighted by Crippen LogP contribution is -2.01. The minimum absolute atomic E-state index is 0.460. The van der Waals surface area contributed by atoms with Gasteiger partial charge in [0, 0.05) is 12.0 Å². The molecule has 0 spiro atoms. The van der Waals surface area contributed by atoms with Crippen molar-refractivity contribution in [2.45, 2.75) is 33.6 Å². The van der Waals surface area contributed by atoms with Gasteiger partial charge in [-0.25, -0.2) is 9.97 Å². The summed E-state index contributed by atoms with van der Waals surface area (Å²) in [4.78, 5) is 8.66. The molecule has 2 aromatic rings. The second-order valence-electron chi connectivity index (χ2n) is 4.73. The van der Waals surface area contributed by atoms with E-state index in [4.69, 9.17) is 23.2 Å². The van der Waals surface area contributed by atoms with Crippen molar-refractivity contribution >= 4 is 23.2 Å². The third kappa shape index (κ3) is 3.46. The topological polar surface area (TPSA) is 25.8 Å². The molecule has 0 unspecified atom stereocenters. The molecule has 0 fully saturated rings. The van der Waals surface area contributed by atoms with E-state index in [1.807, 2.05) is 6.92 Å². The average Bonchev–Trinajstić information content (AvgIpc) is 2.26. The molecule has 0 saturated carbocycles. The van der Waals surface area contributed by atoms with Crippen molar-refractivity contribution in [3.05, 3.63) is 56.6 Å². The summed E-state index contributed by atoms with van der Waals surface area (Å²) in [5, 5.41) is 0.920. The maximum atomic E-state index is 6.13. The van der Waals surface area contributed by atoms with E-state index in [0.29, 0.717) is 22.6 Å². The van der Waals surface area contributed by atoms with Crippen LogP contribution in [0.25, 0.3) is 0 Å². The first-order valence-corrected chi connectivity index (χ1v) is 7.03. The SMILES string of the molecule is CCc1c(Cl)nc(Cc2cc(C)cc(C)c2)nc1Cl. The van der Waals surface area contributed by atoms with Gasteiger partial charge >= 0.3 is 0 Å². The Morgan fingerprint density at radius 1 is 0.947 bits per heavy atom. The van der Waals surface area contributed by atoms with Gasteiger partial charge in [-0.3, -0.25) is 0 Å². The molecule has 2 rings (SSSR count). The highest BCUT2D eigenvalue weighted by atomic mass is 35.5.